The van der Waals surface area contributed by atoms with Crippen LogP contribution in [0.5, 0.6) is 5.75 Å². The molecular weight excluding hydrogens is 268 g/mol. The molecule has 0 saturated carbocycles. The second-order valence-corrected chi connectivity index (χ2v) is 5.46. The van der Waals surface area contributed by atoms with Gasteiger partial charge in [0.05, 0.1) is 7.11 Å². The van der Waals surface area contributed by atoms with E-state index in [2.05, 4.69) is 10.0 Å². The average molecular weight is 286 g/mol. The molecule has 6 nitrogen and oxygen atoms in total. The molecule has 1 amide bonds. The van der Waals surface area contributed by atoms with Crippen LogP contribution in [0.2, 0.25) is 0 Å². The van der Waals surface area contributed by atoms with Crippen molar-refractivity contribution in [3.63, 3.8) is 0 Å². The largest absolute Gasteiger partial charge is 0.495 e. The highest BCUT2D eigenvalue weighted by Crippen LogP contribution is 2.24. The lowest BCUT2D eigenvalue weighted by Crippen LogP contribution is -2.26. The molecule has 0 spiro atoms. The van der Waals surface area contributed by atoms with Gasteiger partial charge in [-0.25, -0.2) is 13.1 Å². The van der Waals surface area contributed by atoms with Crippen LogP contribution in [0.3, 0.4) is 0 Å². The van der Waals surface area contributed by atoms with Crippen molar-refractivity contribution in [3.8, 4) is 5.75 Å². The normalized spacial score (nSPS) is 11.1. The van der Waals surface area contributed by atoms with Gasteiger partial charge in [-0.05, 0) is 25.1 Å². The minimum atomic E-state index is -3.68. The Labute approximate surface area is 113 Å². The third-order valence-electron chi connectivity index (χ3n) is 2.39. The molecule has 0 heterocycles. The van der Waals surface area contributed by atoms with Crippen LogP contribution in [-0.4, -0.2) is 34.5 Å². The lowest BCUT2D eigenvalue weighted by Gasteiger charge is -2.11. The van der Waals surface area contributed by atoms with E-state index in [4.69, 9.17) is 4.74 Å². The van der Waals surface area contributed by atoms with Crippen molar-refractivity contribution >= 4 is 15.9 Å². The van der Waals surface area contributed by atoms with Gasteiger partial charge in [0.15, 0.2) is 0 Å². The van der Waals surface area contributed by atoms with Crippen molar-refractivity contribution in [2.75, 3.05) is 20.2 Å². The molecule has 0 atom stereocenters. The van der Waals surface area contributed by atoms with Gasteiger partial charge in [0, 0.05) is 18.7 Å². The Morgan fingerprint density at radius 2 is 1.95 bits per heavy atom. The van der Waals surface area contributed by atoms with E-state index in [1.54, 1.807) is 13.8 Å². The SMILES string of the molecule is CCNC(=O)c1ccc(OC)c(S(=O)(=O)NCC)c1. The highest BCUT2D eigenvalue weighted by molar-refractivity contribution is 7.89. The topological polar surface area (TPSA) is 84.5 Å². The van der Waals surface area contributed by atoms with Gasteiger partial charge in [-0.3, -0.25) is 4.79 Å². The van der Waals surface area contributed by atoms with Gasteiger partial charge in [0.1, 0.15) is 10.6 Å². The summed E-state index contributed by atoms with van der Waals surface area (Å²) in [6.07, 6.45) is 0. The van der Waals surface area contributed by atoms with Crippen LogP contribution in [0, 0.1) is 0 Å². The van der Waals surface area contributed by atoms with Crippen molar-refractivity contribution in [3.05, 3.63) is 23.8 Å². The average Bonchev–Trinajstić information content (AvgIpc) is 2.38. The molecule has 0 aliphatic rings. The summed E-state index contributed by atoms with van der Waals surface area (Å²) in [5.41, 5.74) is 0.277. The zero-order chi connectivity index (χ0) is 14.5. The number of methoxy groups -OCH3 is 1. The van der Waals surface area contributed by atoms with Crippen LogP contribution in [-0.2, 0) is 10.0 Å². The zero-order valence-corrected chi connectivity index (χ0v) is 12.0. The third kappa shape index (κ3) is 3.68. The summed E-state index contributed by atoms with van der Waals surface area (Å²) in [6, 6.07) is 4.30. The van der Waals surface area contributed by atoms with Gasteiger partial charge >= 0.3 is 0 Å². The number of ether oxygens (including phenoxy) is 1. The summed E-state index contributed by atoms with van der Waals surface area (Å²) in [5.74, 6) is -0.118. The van der Waals surface area contributed by atoms with Gasteiger partial charge < -0.3 is 10.1 Å². The summed E-state index contributed by atoms with van der Waals surface area (Å²) in [7, 11) is -2.30. The molecule has 1 aromatic rings. The maximum absolute atomic E-state index is 12.0. The Kier molecular flexibility index (Phi) is 5.31. The van der Waals surface area contributed by atoms with Gasteiger partial charge in [0.2, 0.25) is 10.0 Å². The monoisotopic (exact) mass is 286 g/mol. The summed E-state index contributed by atoms with van der Waals surface area (Å²) in [5, 5.41) is 2.61. The van der Waals surface area contributed by atoms with Gasteiger partial charge in [-0.2, -0.15) is 0 Å². The first-order valence-corrected chi connectivity index (χ1v) is 7.40. The van der Waals surface area contributed by atoms with Crippen LogP contribution in [0.1, 0.15) is 24.2 Å². The van der Waals surface area contributed by atoms with Crippen LogP contribution in [0.4, 0.5) is 0 Å². The van der Waals surface area contributed by atoms with E-state index >= 15 is 0 Å². The first kappa shape index (κ1) is 15.5. The van der Waals surface area contributed by atoms with E-state index in [-0.39, 0.29) is 28.7 Å². The summed E-state index contributed by atoms with van der Waals surface area (Å²) >= 11 is 0. The van der Waals surface area contributed by atoms with E-state index in [1.807, 2.05) is 0 Å². The third-order valence-corrected chi connectivity index (χ3v) is 3.95. The van der Waals surface area contributed by atoms with Crippen molar-refractivity contribution in [1.82, 2.24) is 10.0 Å². The molecule has 7 heteroatoms. The van der Waals surface area contributed by atoms with Crippen LogP contribution < -0.4 is 14.8 Å². The number of sulfonamides is 1. The molecule has 0 fully saturated rings. The molecule has 0 radical (unpaired) electrons. The molecule has 106 valence electrons. The Hall–Kier alpha value is -1.60. The van der Waals surface area contributed by atoms with Gasteiger partial charge in [-0.15, -0.1) is 0 Å². The molecule has 1 rings (SSSR count). The fraction of sp³-hybridized carbons (Fsp3) is 0.417. The first-order chi connectivity index (χ1) is 8.96. The zero-order valence-electron chi connectivity index (χ0n) is 11.2. The maximum Gasteiger partial charge on any atom is 0.251 e. The van der Waals surface area contributed by atoms with Crippen molar-refractivity contribution in [2.24, 2.45) is 0 Å². The summed E-state index contributed by atoms with van der Waals surface area (Å²) < 4.78 is 31.4. The van der Waals surface area contributed by atoms with Gasteiger partial charge in [0.25, 0.3) is 5.91 Å². The molecule has 0 aliphatic carbocycles. The summed E-state index contributed by atoms with van der Waals surface area (Å²) in [4.78, 5) is 11.7. The number of rotatable bonds is 6. The number of carbonyl (C=O) groups excluding carboxylic acids is 1. The van der Waals surface area contributed by atoms with Gasteiger partial charge in [-0.1, -0.05) is 6.92 Å². The first-order valence-electron chi connectivity index (χ1n) is 5.92. The predicted octanol–water partition coefficient (Wildman–Crippen LogP) is 0.743. The standard InChI is InChI=1S/C12H18N2O4S/c1-4-13-12(15)9-6-7-10(18-3)11(8-9)19(16,17)14-5-2/h6-8,14H,4-5H2,1-3H3,(H,13,15). The van der Waals surface area contributed by atoms with Crippen molar-refractivity contribution in [2.45, 2.75) is 18.7 Å². The maximum atomic E-state index is 12.0. The molecule has 2 N–H and O–H groups in total. The molecule has 0 aliphatic heterocycles. The van der Waals surface area contributed by atoms with Crippen LogP contribution >= 0.6 is 0 Å². The number of nitrogens with one attached hydrogen (secondary N) is 2. The number of benzene rings is 1. The Morgan fingerprint density at radius 3 is 2.47 bits per heavy atom. The minimum Gasteiger partial charge on any atom is -0.495 e. The van der Waals surface area contributed by atoms with Crippen molar-refractivity contribution < 1.29 is 17.9 Å². The Balaban J connectivity index is 3.28. The number of carbonyl (C=O) groups is 1. The second-order valence-electron chi connectivity index (χ2n) is 3.73. The summed E-state index contributed by atoms with van der Waals surface area (Å²) in [6.45, 7) is 4.20. The van der Waals surface area contributed by atoms with E-state index < -0.39 is 10.0 Å². The van der Waals surface area contributed by atoms with Crippen molar-refractivity contribution in [1.29, 1.82) is 0 Å². The molecule has 0 aromatic heterocycles. The van der Waals surface area contributed by atoms with E-state index in [9.17, 15) is 13.2 Å². The highest BCUT2D eigenvalue weighted by Gasteiger charge is 2.20. The lowest BCUT2D eigenvalue weighted by atomic mass is 10.2. The minimum absolute atomic E-state index is 0.0411. The quantitative estimate of drug-likeness (QED) is 0.808. The molecule has 0 bridgehead atoms. The fourth-order valence-corrected chi connectivity index (χ4v) is 2.79. The predicted molar refractivity (Wildman–Crippen MR) is 71.9 cm³/mol. The lowest BCUT2D eigenvalue weighted by molar-refractivity contribution is 0.0955. The van der Waals surface area contributed by atoms with Crippen LogP contribution in [0.15, 0.2) is 23.1 Å². The van der Waals surface area contributed by atoms with E-state index in [0.717, 1.165) is 0 Å². The van der Waals surface area contributed by atoms with Crippen LogP contribution in [0.25, 0.3) is 0 Å². The second kappa shape index (κ2) is 6.53. The van der Waals surface area contributed by atoms with E-state index in [1.165, 1.54) is 25.3 Å². The molecule has 0 saturated heterocycles. The fourth-order valence-electron chi connectivity index (χ4n) is 1.56. The smallest absolute Gasteiger partial charge is 0.251 e. The number of hydrogen-bond acceptors (Lipinski definition) is 4. The Morgan fingerprint density at radius 1 is 1.26 bits per heavy atom. The highest BCUT2D eigenvalue weighted by atomic mass is 32.2. The molecule has 0 unspecified atom stereocenters. The molecular formula is C12H18N2O4S. The Bertz CT molecular complexity index is 555. The van der Waals surface area contributed by atoms with E-state index in [0.29, 0.717) is 6.54 Å². The number of amides is 1. The molecule has 19 heavy (non-hydrogen) atoms. The molecule has 1 aromatic carbocycles. The number of hydrogen-bond donors (Lipinski definition) is 2.